The van der Waals surface area contributed by atoms with E-state index in [4.69, 9.17) is 40.2 Å². The molecule has 1 aromatic rings. The van der Waals surface area contributed by atoms with Gasteiger partial charge in [0.05, 0.1) is 34.0 Å². The van der Waals surface area contributed by atoms with Gasteiger partial charge in [0.1, 0.15) is 9.84 Å². The lowest BCUT2D eigenvalue weighted by molar-refractivity contribution is -0.139. The van der Waals surface area contributed by atoms with E-state index >= 15 is 0 Å². The minimum absolute atomic E-state index is 0.0195. The summed E-state index contributed by atoms with van der Waals surface area (Å²) >= 11 is 17.6. The summed E-state index contributed by atoms with van der Waals surface area (Å²) in [7, 11) is -3.06. The molecule has 0 unspecified atom stereocenters. The van der Waals surface area contributed by atoms with Crippen molar-refractivity contribution in [1.82, 2.24) is 15.5 Å². The molecule has 1 fully saturated rings. The predicted molar refractivity (Wildman–Crippen MR) is 145 cm³/mol. The van der Waals surface area contributed by atoms with Gasteiger partial charge in [-0.05, 0) is 69.9 Å². The zero-order valence-electron chi connectivity index (χ0n) is 20.5. The smallest absolute Gasteiger partial charge is 0.335 e. The van der Waals surface area contributed by atoms with Gasteiger partial charge in [0.2, 0.25) is 0 Å². The highest BCUT2D eigenvalue weighted by Crippen LogP contribution is 2.28. The number of thiocarbonyl (C=S) groups is 1. The van der Waals surface area contributed by atoms with Crippen LogP contribution in [0.1, 0.15) is 56.3 Å². The van der Waals surface area contributed by atoms with Crippen molar-refractivity contribution in [2.24, 2.45) is 0 Å². The number of nitrogens with zero attached hydrogens (tertiary/aromatic N) is 1. The van der Waals surface area contributed by atoms with E-state index in [2.05, 4.69) is 10.6 Å². The highest BCUT2D eigenvalue weighted by Gasteiger charge is 2.34. The van der Waals surface area contributed by atoms with Crippen LogP contribution in [-0.2, 0) is 19.4 Å². The number of ether oxygens (including phenoxy) is 1. The molecule has 2 aliphatic rings. The SMILES string of the molecule is CCOC(=O)C1=C(NC(=S)NC2CCC(S(C)(=O)=O)CC2)CN(C(=O)c2ccc(Cl)c(Cl)c2)[C@H](C)C1. The highest BCUT2D eigenvalue weighted by molar-refractivity contribution is 7.91. The normalized spacial score (nSPS) is 22.7. The second-order valence-electron chi connectivity index (χ2n) is 9.19. The number of rotatable bonds is 6. The number of hydrogen-bond donors (Lipinski definition) is 2. The van der Waals surface area contributed by atoms with Crippen LogP contribution in [0.5, 0.6) is 0 Å². The molecule has 1 heterocycles. The number of esters is 1. The Morgan fingerprint density at radius 1 is 1.17 bits per heavy atom. The van der Waals surface area contributed by atoms with Crippen molar-refractivity contribution >= 4 is 62.2 Å². The molecule has 2 N–H and O–H groups in total. The van der Waals surface area contributed by atoms with Crippen molar-refractivity contribution in [1.29, 1.82) is 0 Å². The van der Waals surface area contributed by atoms with E-state index in [0.717, 1.165) is 0 Å². The molecule has 0 spiro atoms. The van der Waals surface area contributed by atoms with Crippen LogP contribution in [0.3, 0.4) is 0 Å². The van der Waals surface area contributed by atoms with E-state index in [9.17, 15) is 18.0 Å². The van der Waals surface area contributed by atoms with Gasteiger partial charge < -0.3 is 20.3 Å². The summed E-state index contributed by atoms with van der Waals surface area (Å²) in [5.74, 6) is -0.703. The van der Waals surface area contributed by atoms with Crippen LogP contribution < -0.4 is 10.6 Å². The van der Waals surface area contributed by atoms with Crippen molar-refractivity contribution in [3.8, 4) is 0 Å². The third-order valence-electron chi connectivity index (χ3n) is 6.55. The molecular formula is C24H31Cl2N3O5S2. The summed E-state index contributed by atoms with van der Waals surface area (Å²) in [5.41, 5.74) is 1.31. The number of carbonyl (C=O) groups is 2. The lowest BCUT2D eigenvalue weighted by atomic mass is 9.95. The quantitative estimate of drug-likeness (QED) is 0.389. The first-order chi connectivity index (χ1) is 16.9. The fraction of sp³-hybridized carbons (Fsp3) is 0.542. The molecule has 1 aliphatic carbocycles. The molecule has 0 radical (unpaired) electrons. The van der Waals surface area contributed by atoms with Gasteiger partial charge in [-0.1, -0.05) is 23.2 Å². The van der Waals surface area contributed by atoms with Crippen LogP contribution in [0.25, 0.3) is 0 Å². The Hall–Kier alpha value is -1.88. The van der Waals surface area contributed by atoms with Crippen molar-refractivity contribution < 1.29 is 22.7 Å². The van der Waals surface area contributed by atoms with Gasteiger partial charge in [-0.15, -0.1) is 0 Å². The van der Waals surface area contributed by atoms with Gasteiger partial charge in [0, 0.05) is 36.0 Å². The Labute approximate surface area is 227 Å². The number of halogens is 2. The van der Waals surface area contributed by atoms with E-state index in [0.29, 0.717) is 52.7 Å². The standard InChI is InChI=1S/C24H31Cl2N3O5S2/c1-4-34-23(31)18-11-14(2)29(22(30)15-5-10-19(25)20(26)12-15)13-21(18)28-24(35)27-16-6-8-17(9-7-16)36(3,32)33/h5,10,12,14,16-17H,4,6-9,11,13H2,1-3H3,(H2,27,28,35)/t14-,16?,17?/m1/s1. The molecule has 198 valence electrons. The van der Waals surface area contributed by atoms with Crippen LogP contribution in [-0.4, -0.2) is 67.0 Å². The summed E-state index contributed by atoms with van der Waals surface area (Å²) in [6.45, 7) is 3.94. The van der Waals surface area contributed by atoms with Gasteiger partial charge in [-0.25, -0.2) is 13.2 Å². The summed E-state index contributed by atoms with van der Waals surface area (Å²) in [6.07, 6.45) is 4.04. The molecule has 36 heavy (non-hydrogen) atoms. The number of carbonyl (C=O) groups excluding carboxylic acids is 2. The van der Waals surface area contributed by atoms with Crippen LogP contribution in [0.2, 0.25) is 10.0 Å². The minimum atomic E-state index is -3.06. The first kappa shape index (κ1) is 28.7. The molecule has 3 rings (SSSR count). The van der Waals surface area contributed by atoms with Gasteiger partial charge in [0.25, 0.3) is 5.91 Å². The average molecular weight is 577 g/mol. The molecule has 1 amide bonds. The predicted octanol–water partition coefficient (Wildman–Crippen LogP) is 3.86. The van der Waals surface area contributed by atoms with Crippen LogP contribution in [0, 0.1) is 0 Å². The fourth-order valence-corrected chi connectivity index (χ4v) is 6.27. The highest BCUT2D eigenvalue weighted by atomic mass is 35.5. The summed E-state index contributed by atoms with van der Waals surface area (Å²) in [5, 5.41) is 6.97. The second kappa shape index (κ2) is 12.1. The van der Waals surface area contributed by atoms with E-state index in [-0.39, 0.29) is 47.8 Å². The van der Waals surface area contributed by atoms with Crippen molar-refractivity contribution in [3.63, 3.8) is 0 Å². The van der Waals surface area contributed by atoms with Crippen LogP contribution in [0.15, 0.2) is 29.5 Å². The summed E-state index contributed by atoms with van der Waals surface area (Å²) < 4.78 is 28.9. The zero-order chi connectivity index (χ0) is 26.6. The number of sulfone groups is 1. The van der Waals surface area contributed by atoms with E-state index in [1.54, 1.807) is 24.0 Å². The van der Waals surface area contributed by atoms with E-state index in [1.165, 1.54) is 12.3 Å². The van der Waals surface area contributed by atoms with Gasteiger partial charge >= 0.3 is 5.97 Å². The molecule has 12 heteroatoms. The van der Waals surface area contributed by atoms with Crippen molar-refractivity contribution in [2.75, 3.05) is 19.4 Å². The number of hydrogen-bond acceptors (Lipinski definition) is 6. The number of nitrogens with one attached hydrogen (secondary N) is 2. The van der Waals surface area contributed by atoms with Gasteiger partial charge in [0.15, 0.2) is 5.11 Å². The molecule has 1 aromatic carbocycles. The molecule has 0 aromatic heterocycles. The Morgan fingerprint density at radius 2 is 1.83 bits per heavy atom. The molecule has 8 nitrogen and oxygen atoms in total. The number of amides is 1. The maximum Gasteiger partial charge on any atom is 0.335 e. The monoisotopic (exact) mass is 575 g/mol. The van der Waals surface area contributed by atoms with Crippen LogP contribution >= 0.6 is 35.4 Å². The maximum atomic E-state index is 13.3. The van der Waals surface area contributed by atoms with Gasteiger partial charge in [-0.2, -0.15) is 0 Å². The molecule has 0 saturated heterocycles. The largest absolute Gasteiger partial charge is 0.463 e. The Balaban J connectivity index is 1.75. The van der Waals surface area contributed by atoms with E-state index in [1.807, 2.05) is 6.92 Å². The van der Waals surface area contributed by atoms with Crippen LogP contribution in [0.4, 0.5) is 0 Å². The van der Waals surface area contributed by atoms with Crippen molar-refractivity contribution in [3.05, 3.63) is 45.1 Å². The fourth-order valence-electron chi connectivity index (χ4n) is 4.55. The molecule has 0 bridgehead atoms. The molecule has 1 aliphatic heterocycles. The molecule has 1 saturated carbocycles. The lowest BCUT2D eigenvalue weighted by Gasteiger charge is -2.36. The molecule has 1 atom stereocenters. The zero-order valence-corrected chi connectivity index (χ0v) is 23.6. The molecular weight excluding hydrogens is 545 g/mol. The third kappa shape index (κ3) is 7.12. The third-order valence-corrected chi connectivity index (χ3v) is 9.19. The Kier molecular flexibility index (Phi) is 9.65. The first-order valence-electron chi connectivity index (χ1n) is 11.8. The average Bonchev–Trinajstić information content (AvgIpc) is 2.81. The first-order valence-corrected chi connectivity index (χ1v) is 14.9. The van der Waals surface area contributed by atoms with E-state index < -0.39 is 15.8 Å². The maximum absolute atomic E-state index is 13.3. The van der Waals surface area contributed by atoms with Gasteiger partial charge in [-0.3, -0.25) is 4.79 Å². The minimum Gasteiger partial charge on any atom is -0.463 e. The topological polar surface area (TPSA) is 105 Å². The van der Waals surface area contributed by atoms with Crippen molar-refractivity contribution in [2.45, 2.75) is 63.3 Å². The Morgan fingerprint density at radius 3 is 2.42 bits per heavy atom. The number of benzene rings is 1. The Bertz CT molecular complexity index is 1160. The lowest BCUT2D eigenvalue weighted by Crippen LogP contribution is -2.50. The summed E-state index contributed by atoms with van der Waals surface area (Å²) in [4.78, 5) is 27.6. The second-order valence-corrected chi connectivity index (χ2v) is 12.7. The summed E-state index contributed by atoms with van der Waals surface area (Å²) in [6, 6.07) is 4.45.